The molecule has 0 saturated carbocycles. The Balaban J connectivity index is 1.35. The minimum absolute atomic E-state index is 0.0916. The molecule has 2 aromatic rings. The van der Waals surface area contributed by atoms with Gasteiger partial charge in [0, 0.05) is 38.2 Å². The lowest BCUT2D eigenvalue weighted by Gasteiger charge is -2.35. The van der Waals surface area contributed by atoms with E-state index in [1.54, 1.807) is 30.3 Å². The molecule has 2 amide bonds. The molecule has 0 aliphatic carbocycles. The largest absolute Gasteiger partial charge is 0.455 e. The molecule has 5 rings (SSSR count). The number of halogens is 3. The van der Waals surface area contributed by atoms with Crippen LogP contribution in [0.15, 0.2) is 59.0 Å². The summed E-state index contributed by atoms with van der Waals surface area (Å²) >= 11 is 0. The summed E-state index contributed by atoms with van der Waals surface area (Å²) in [7, 11) is 2.11. The van der Waals surface area contributed by atoms with Crippen LogP contribution in [0.5, 0.6) is 11.5 Å². The van der Waals surface area contributed by atoms with Crippen molar-refractivity contribution in [3.8, 4) is 11.5 Å². The summed E-state index contributed by atoms with van der Waals surface area (Å²) in [4.78, 5) is 32.5. The molecule has 13 heteroatoms. The minimum Gasteiger partial charge on any atom is -0.455 e. The Morgan fingerprint density at radius 3 is 2.50 bits per heavy atom. The Morgan fingerprint density at radius 2 is 1.88 bits per heavy atom. The molecular weight excluding hydrogens is 544 g/mol. The number of likely N-dealkylation sites (N-methyl/N-ethyl adjacent to an activating group) is 1. The maximum atomic E-state index is 13.5. The lowest BCUT2D eigenvalue weighted by molar-refractivity contribution is -0.137. The standard InChI is InChI=1S/C27H30F3N6O3P/c1-35-10-12-36(13-11-35)21-14-17(27(28,29)30)4-7-22(21)39-18-5-2-16(3-6-18)26-34-20(24(31)37)15-23(40-26)33-19-8-9-32-25(19)38/h2-7,14-15,19,26,33,40H,8-13H2,1H3,(H2,31,37)(H,32,38)/t19-,26?/m0/s1. The second-order valence-corrected chi connectivity index (χ2v) is 11.3. The Labute approximate surface area is 231 Å². The molecule has 2 fully saturated rings. The third kappa shape index (κ3) is 6.39. The molecule has 0 aromatic heterocycles. The highest BCUT2D eigenvalue weighted by atomic mass is 31.1. The van der Waals surface area contributed by atoms with Gasteiger partial charge in [0.25, 0.3) is 5.91 Å². The number of hydrogen-bond donors (Lipinski definition) is 3. The maximum Gasteiger partial charge on any atom is 0.416 e. The summed E-state index contributed by atoms with van der Waals surface area (Å²) in [6.07, 6.45) is -2.23. The highest BCUT2D eigenvalue weighted by Gasteiger charge is 2.32. The van der Waals surface area contributed by atoms with Crippen molar-refractivity contribution in [1.29, 1.82) is 0 Å². The van der Waals surface area contributed by atoms with Gasteiger partial charge in [0.05, 0.1) is 17.0 Å². The van der Waals surface area contributed by atoms with Crippen LogP contribution < -0.4 is 26.0 Å². The lowest BCUT2D eigenvalue weighted by atomic mass is 10.1. The fraction of sp³-hybridized carbons (Fsp3) is 0.370. The minimum atomic E-state index is -4.46. The molecule has 4 N–H and O–H groups in total. The number of nitrogens with zero attached hydrogens (tertiary/aromatic N) is 3. The Hall–Kier alpha value is -3.63. The van der Waals surface area contributed by atoms with Crippen molar-refractivity contribution in [2.24, 2.45) is 10.7 Å². The maximum absolute atomic E-state index is 13.5. The number of primary amides is 1. The van der Waals surface area contributed by atoms with Crippen LogP contribution in [0, 0.1) is 0 Å². The van der Waals surface area contributed by atoms with E-state index in [2.05, 4.69) is 20.5 Å². The van der Waals surface area contributed by atoms with E-state index in [9.17, 15) is 22.8 Å². The van der Waals surface area contributed by atoms with Crippen molar-refractivity contribution in [3.63, 3.8) is 0 Å². The molecule has 0 bridgehead atoms. The summed E-state index contributed by atoms with van der Waals surface area (Å²) in [5.74, 6) is -0.355. The van der Waals surface area contributed by atoms with E-state index in [0.717, 1.165) is 36.2 Å². The molecule has 3 heterocycles. The van der Waals surface area contributed by atoms with E-state index in [-0.39, 0.29) is 32.0 Å². The summed E-state index contributed by atoms with van der Waals surface area (Å²) in [5, 5.41) is 5.99. The molecular formula is C27H30F3N6O3P. The number of nitrogens with one attached hydrogen (secondary N) is 2. The number of piperazine rings is 1. The second-order valence-electron chi connectivity index (χ2n) is 9.90. The summed E-state index contributed by atoms with van der Waals surface area (Å²) in [6.45, 7) is 3.22. The van der Waals surface area contributed by atoms with Gasteiger partial charge < -0.3 is 30.9 Å². The quantitative estimate of drug-likeness (QED) is 0.438. The first kappa shape index (κ1) is 27.9. The number of carbonyl (C=O) groups is 2. The van der Waals surface area contributed by atoms with Gasteiger partial charge in [-0.15, -0.1) is 0 Å². The Kier molecular flexibility index (Phi) is 8.00. The Bertz CT molecular complexity index is 1340. The summed E-state index contributed by atoms with van der Waals surface area (Å²) < 4.78 is 46.5. The number of hydrogen-bond acceptors (Lipinski definition) is 7. The molecule has 2 saturated heterocycles. The number of benzene rings is 2. The van der Waals surface area contributed by atoms with Crippen LogP contribution in [0.3, 0.4) is 0 Å². The van der Waals surface area contributed by atoms with E-state index < -0.39 is 17.6 Å². The molecule has 2 unspecified atom stereocenters. The van der Waals surface area contributed by atoms with E-state index in [1.165, 1.54) is 6.07 Å². The fourth-order valence-corrected chi connectivity index (χ4v) is 6.08. The van der Waals surface area contributed by atoms with Gasteiger partial charge in [0.1, 0.15) is 17.5 Å². The number of aliphatic imine (C=N–C) groups is 1. The zero-order chi connectivity index (χ0) is 28.4. The third-order valence-electron chi connectivity index (χ3n) is 7.03. The van der Waals surface area contributed by atoms with Gasteiger partial charge in [0.2, 0.25) is 5.91 Å². The van der Waals surface area contributed by atoms with Crippen LogP contribution in [0.25, 0.3) is 0 Å². The number of alkyl halides is 3. The van der Waals surface area contributed by atoms with Gasteiger partial charge in [-0.2, -0.15) is 13.2 Å². The van der Waals surface area contributed by atoms with Crippen molar-refractivity contribution >= 4 is 31.8 Å². The average molecular weight is 575 g/mol. The number of nitrogens with two attached hydrogens (primary N) is 1. The molecule has 212 valence electrons. The van der Waals surface area contributed by atoms with Crippen molar-refractivity contribution in [2.45, 2.75) is 24.4 Å². The summed E-state index contributed by atoms with van der Waals surface area (Å²) in [5.41, 5.74) is 6.84. The van der Waals surface area contributed by atoms with Crippen LogP contribution in [0.4, 0.5) is 18.9 Å². The fourth-order valence-electron chi connectivity index (χ4n) is 4.75. The average Bonchev–Trinajstić information content (AvgIpc) is 3.33. The van der Waals surface area contributed by atoms with Crippen LogP contribution in [0.1, 0.15) is 23.3 Å². The van der Waals surface area contributed by atoms with Gasteiger partial charge in [0.15, 0.2) is 5.75 Å². The zero-order valence-corrected chi connectivity index (χ0v) is 22.8. The predicted octanol–water partition coefficient (Wildman–Crippen LogP) is 3.19. The molecule has 2 aromatic carbocycles. The zero-order valence-electron chi connectivity index (χ0n) is 21.8. The number of anilines is 1. The van der Waals surface area contributed by atoms with E-state index in [4.69, 9.17) is 10.5 Å². The lowest BCUT2D eigenvalue weighted by Crippen LogP contribution is -2.44. The molecule has 40 heavy (non-hydrogen) atoms. The highest BCUT2D eigenvalue weighted by Crippen LogP contribution is 2.45. The smallest absolute Gasteiger partial charge is 0.416 e. The van der Waals surface area contributed by atoms with Gasteiger partial charge in [-0.25, -0.2) is 0 Å². The first-order valence-corrected chi connectivity index (χ1v) is 14.0. The van der Waals surface area contributed by atoms with Gasteiger partial charge in [-0.1, -0.05) is 12.1 Å². The van der Waals surface area contributed by atoms with Gasteiger partial charge in [-0.05, 0) is 64.0 Å². The molecule has 3 aliphatic heterocycles. The van der Waals surface area contributed by atoms with Crippen LogP contribution >= 0.6 is 8.58 Å². The first-order valence-electron chi connectivity index (χ1n) is 12.9. The molecule has 3 atom stereocenters. The molecule has 9 nitrogen and oxygen atoms in total. The van der Waals surface area contributed by atoms with Crippen molar-refractivity contribution in [1.82, 2.24) is 15.5 Å². The monoisotopic (exact) mass is 574 g/mol. The van der Waals surface area contributed by atoms with Crippen molar-refractivity contribution in [2.75, 3.05) is 44.7 Å². The number of amides is 2. The van der Waals surface area contributed by atoms with Gasteiger partial charge >= 0.3 is 6.18 Å². The number of ether oxygens (including phenoxy) is 1. The van der Waals surface area contributed by atoms with Gasteiger partial charge in [-0.3, -0.25) is 14.6 Å². The first-order chi connectivity index (χ1) is 19.1. The normalized spacial score (nSPS) is 22.5. The van der Waals surface area contributed by atoms with Crippen molar-refractivity contribution in [3.05, 3.63) is 65.1 Å². The van der Waals surface area contributed by atoms with Crippen LogP contribution in [-0.4, -0.2) is 68.2 Å². The van der Waals surface area contributed by atoms with E-state index in [0.29, 0.717) is 43.2 Å². The predicted molar refractivity (Wildman–Crippen MR) is 148 cm³/mol. The molecule has 0 radical (unpaired) electrons. The molecule has 0 spiro atoms. The topological polar surface area (TPSA) is 112 Å². The van der Waals surface area contributed by atoms with E-state index >= 15 is 0 Å². The van der Waals surface area contributed by atoms with Crippen LogP contribution in [-0.2, 0) is 15.8 Å². The second kappa shape index (κ2) is 11.5. The van der Waals surface area contributed by atoms with E-state index in [1.807, 2.05) is 11.9 Å². The SMILES string of the molecule is CN1CCN(c2cc(C(F)(F)F)ccc2Oc2ccc(C3N=C(C(N)=O)C=C(N[C@H]4CCNC4=O)P3)cc2)CC1. The molecule has 3 aliphatic rings. The Morgan fingerprint density at radius 1 is 1.15 bits per heavy atom. The highest BCUT2D eigenvalue weighted by molar-refractivity contribution is 7.43. The third-order valence-corrected chi connectivity index (χ3v) is 8.36. The van der Waals surface area contributed by atoms with Crippen molar-refractivity contribution < 1.29 is 27.5 Å². The van der Waals surface area contributed by atoms with Crippen LogP contribution in [0.2, 0.25) is 0 Å². The number of carbonyl (C=O) groups excluding carboxylic acids is 2. The summed E-state index contributed by atoms with van der Waals surface area (Å²) in [6, 6.07) is 10.2. The number of rotatable bonds is 7.